The standard InChI is InChI=1S/C21H30N4O3S/c1-6-25(14-17-8-11-19(12-9-17)24(4)5)15-21(26)23-18-10-7-16(2)20(13-18)29(27,28)22-3/h7-13,22H,6,14-15H2,1-5H3,(H,23,26). The fourth-order valence-corrected chi connectivity index (χ4v) is 3.91. The van der Waals surface area contributed by atoms with E-state index in [-0.39, 0.29) is 17.3 Å². The van der Waals surface area contributed by atoms with Crippen molar-refractivity contribution in [3.8, 4) is 0 Å². The summed E-state index contributed by atoms with van der Waals surface area (Å²) in [6.07, 6.45) is 0. The van der Waals surface area contributed by atoms with Gasteiger partial charge < -0.3 is 10.2 Å². The second-order valence-corrected chi connectivity index (χ2v) is 8.96. The third kappa shape index (κ3) is 6.28. The zero-order valence-electron chi connectivity index (χ0n) is 17.7. The highest BCUT2D eigenvalue weighted by atomic mass is 32.2. The van der Waals surface area contributed by atoms with Crippen LogP contribution in [-0.2, 0) is 21.4 Å². The third-order valence-electron chi connectivity index (χ3n) is 4.70. The van der Waals surface area contributed by atoms with E-state index >= 15 is 0 Å². The van der Waals surface area contributed by atoms with Gasteiger partial charge in [-0.15, -0.1) is 0 Å². The molecule has 0 aliphatic rings. The van der Waals surface area contributed by atoms with E-state index in [2.05, 4.69) is 34.3 Å². The second-order valence-electron chi connectivity index (χ2n) is 7.10. The van der Waals surface area contributed by atoms with Crippen LogP contribution in [-0.4, -0.2) is 53.5 Å². The minimum atomic E-state index is -3.58. The summed E-state index contributed by atoms with van der Waals surface area (Å²) >= 11 is 0. The first kappa shape index (κ1) is 22.9. The highest BCUT2D eigenvalue weighted by molar-refractivity contribution is 7.89. The van der Waals surface area contributed by atoms with Gasteiger partial charge in [-0.1, -0.05) is 25.1 Å². The minimum Gasteiger partial charge on any atom is -0.378 e. The van der Waals surface area contributed by atoms with Gasteiger partial charge in [0, 0.05) is 32.0 Å². The molecule has 0 heterocycles. The van der Waals surface area contributed by atoms with Crippen LogP contribution in [0.3, 0.4) is 0 Å². The lowest BCUT2D eigenvalue weighted by Gasteiger charge is -2.21. The Bertz CT molecular complexity index is 941. The van der Waals surface area contributed by atoms with Gasteiger partial charge in [-0.2, -0.15) is 0 Å². The molecule has 0 atom stereocenters. The van der Waals surface area contributed by atoms with E-state index in [1.54, 1.807) is 19.1 Å². The van der Waals surface area contributed by atoms with E-state index in [0.29, 0.717) is 17.8 Å². The van der Waals surface area contributed by atoms with E-state index in [1.807, 2.05) is 30.8 Å². The first-order valence-electron chi connectivity index (χ1n) is 9.49. The Morgan fingerprint density at radius 1 is 1.07 bits per heavy atom. The molecular weight excluding hydrogens is 388 g/mol. The van der Waals surface area contributed by atoms with E-state index in [9.17, 15) is 13.2 Å². The van der Waals surface area contributed by atoms with Crippen LogP contribution in [0.15, 0.2) is 47.4 Å². The largest absolute Gasteiger partial charge is 0.378 e. The number of carbonyl (C=O) groups excluding carboxylic acids is 1. The van der Waals surface area contributed by atoms with Crippen molar-refractivity contribution in [3.05, 3.63) is 53.6 Å². The molecule has 0 radical (unpaired) electrons. The Balaban J connectivity index is 2.04. The molecule has 0 saturated carbocycles. The molecule has 2 N–H and O–H groups in total. The Kier molecular flexibility index (Phi) is 7.78. The Labute approximate surface area is 173 Å². The van der Waals surface area contributed by atoms with E-state index < -0.39 is 10.0 Å². The van der Waals surface area contributed by atoms with Gasteiger partial charge in [-0.3, -0.25) is 9.69 Å². The number of hydrogen-bond acceptors (Lipinski definition) is 5. The zero-order chi connectivity index (χ0) is 21.6. The summed E-state index contributed by atoms with van der Waals surface area (Å²) in [5.41, 5.74) is 3.33. The smallest absolute Gasteiger partial charge is 0.240 e. The fraction of sp³-hybridized carbons (Fsp3) is 0.381. The maximum atomic E-state index is 12.5. The lowest BCUT2D eigenvalue weighted by molar-refractivity contribution is -0.117. The average Bonchev–Trinajstić information content (AvgIpc) is 2.69. The van der Waals surface area contributed by atoms with Crippen LogP contribution in [0.2, 0.25) is 0 Å². The number of aryl methyl sites for hydroxylation is 1. The number of likely N-dealkylation sites (N-methyl/N-ethyl adjacent to an activating group) is 1. The molecule has 7 nitrogen and oxygen atoms in total. The molecular formula is C21H30N4O3S. The number of anilines is 2. The summed E-state index contributed by atoms with van der Waals surface area (Å²) in [5.74, 6) is -0.187. The number of sulfonamides is 1. The van der Waals surface area contributed by atoms with Crippen LogP contribution >= 0.6 is 0 Å². The SMILES string of the molecule is CCN(CC(=O)Nc1ccc(C)c(S(=O)(=O)NC)c1)Cc1ccc(N(C)C)cc1. The minimum absolute atomic E-state index is 0.158. The molecule has 0 aliphatic heterocycles. The van der Waals surface area contributed by atoms with Gasteiger partial charge in [0.15, 0.2) is 0 Å². The van der Waals surface area contributed by atoms with Crippen molar-refractivity contribution in [3.63, 3.8) is 0 Å². The summed E-state index contributed by atoms with van der Waals surface area (Å²) in [5, 5.41) is 2.80. The quantitative estimate of drug-likeness (QED) is 0.654. The van der Waals surface area contributed by atoms with Crippen LogP contribution in [0.5, 0.6) is 0 Å². The van der Waals surface area contributed by atoms with Gasteiger partial charge in [0.1, 0.15) is 0 Å². The number of amides is 1. The maximum Gasteiger partial charge on any atom is 0.240 e. The van der Waals surface area contributed by atoms with Crippen LogP contribution in [0, 0.1) is 6.92 Å². The first-order chi connectivity index (χ1) is 13.7. The third-order valence-corrected chi connectivity index (χ3v) is 6.26. The lowest BCUT2D eigenvalue weighted by Crippen LogP contribution is -2.32. The first-order valence-corrected chi connectivity index (χ1v) is 11.0. The molecule has 2 aromatic rings. The summed E-state index contributed by atoms with van der Waals surface area (Å²) in [6, 6.07) is 13.1. The maximum absolute atomic E-state index is 12.5. The predicted molar refractivity (Wildman–Crippen MR) is 118 cm³/mol. The molecule has 1 amide bonds. The molecule has 2 aromatic carbocycles. The second kappa shape index (κ2) is 9.87. The average molecular weight is 419 g/mol. The van der Waals surface area contributed by atoms with Gasteiger partial charge in [0.05, 0.1) is 11.4 Å². The van der Waals surface area contributed by atoms with Gasteiger partial charge in [0.25, 0.3) is 0 Å². The summed E-state index contributed by atoms with van der Waals surface area (Å²) in [7, 11) is 1.78. The Morgan fingerprint density at radius 3 is 2.28 bits per heavy atom. The van der Waals surface area contributed by atoms with E-state index in [4.69, 9.17) is 0 Å². The molecule has 0 spiro atoms. The van der Waals surface area contributed by atoms with Gasteiger partial charge >= 0.3 is 0 Å². The highest BCUT2D eigenvalue weighted by Crippen LogP contribution is 2.20. The van der Waals surface area contributed by atoms with Crippen LogP contribution in [0.4, 0.5) is 11.4 Å². The van der Waals surface area contributed by atoms with Gasteiger partial charge in [-0.05, 0) is 55.9 Å². The molecule has 0 saturated heterocycles. The number of nitrogens with one attached hydrogen (secondary N) is 2. The van der Waals surface area contributed by atoms with Crippen molar-refractivity contribution < 1.29 is 13.2 Å². The number of benzene rings is 2. The van der Waals surface area contributed by atoms with E-state index in [1.165, 1.54) is 13.1 Å². The topological polar surface area (TPSA) is 81.8 Å². The Morgan fingerprint density at radius 2 is 1.72 bits per heavy atom. The lowest BCUT2D eigenvalue weighted by atomic mass is 10.2. The van der Waals surface area contributed by atoms with Gasteiger partial charge in [-0.25, -0.2) is 13.1 Å². The number of rotatable bonds is 9. The molecule has 0 unspecified atom stereocenters. The van der Waals surface area contributed by atoms with Crippen LogP contribution in [0.25, 0.3) is 0 Å². The van der Waals surface area contributed by atoms with Gasteiger partial charge in [0.2, 0.25) is 15.9 Å². The summed E-state index contributed by atoms with van der Waals surface area (Å²) < 4.78 is 26.5. The number of hydrogen-bond donors (Lipinski definition) is 2. The fourth-order valence-electron chi connectivity index (χ4n) is 2.92. The van der Waals surface area contributed by atoms with Crippen molar-refractivity contribution in [2.45, 2.75) is 25.3 Å². The van der Waals surface area contributed by atoms with Crippen molar-refractivity contribution >= 4 is 27.3 Å². The molecule has 2 rings (SSSR count). The van der Waals surface area contributed by atoms with Crippen LogP contribution in [0.1, 0.15) is 18.1 Å². The normalized spacial score (nSPS) is 11.5. The number of carbonyl (C=O) groups is 1. The Hall–Kier alpha value is -2.42. The van der Waals surface area contributed by atoms with Crippen molar-refractivity contribution in [1.82, 2.24) is 9.62 Å². The van der Waals surface area contributed by atoms with E-state index in [0.717, 1.165) is 17.8 Å². The summed E-state index contributed by atoms with van der Waals surface area (Å²) in [4.78, 5) is 16.7. The van der Waals surface area contributed by atoms with Crippen molar-refractivity contribution in [2.75, 3.05) is 44.4 Å². The molecule has 0 fully saturated rings. The van der Waals surface area contributed by atoms with Crippen molar-refractivity contribution in [1.29, 1.82) is 0 Å². The monoisotopic (exact) mass is 418 g/mol. The summed E-state index contributed by atoms with van der Waals surface area (Å²) in [6.45, 7) is 5.32. The number of nitrogens with zero attached hydrogens (tertiary/aromatic N) is 2. The van der Waals surface area contributed by atoms with Crippen molar-refractivity contribution in [2.24, 2.45) is 0 Å². The predicted octanol–water partition coefficient (Wildman–Crippen LogP) is 2.43. The van der Waals surface area contributed by atoms with Crippen LogP contribution < -0.4 is 14.9 Å². The molecule has 0 aliphatic carbocycles. The molecule has 0 aromatic heterocycles. The molecule has 29 heavy (non-hydrogen) atoms. The highest BCUT2D eigenvalue weighted by Gasteiger charge is 2.16. The molecule has 158 valence electrons. The molecule has 8 heteroatoms. The zero-order valence-corrected chi connectivity index (χ0v) is 18.5. The molecule has 0 bridgehead atoms.